The maximum Gasteiger partial charge on any atom is 0.307 e. The van der Waals surface area contributed by atoms with Crippen LogP contribution in [0.25, 0.3) is 0 Å². The minimum Gasteiger partial charge on any atom is -0.481 e. The Morgan fingerprint density at radius 2 is 2.41 bits per heavy atom. The highest BCUT2D eigenvalue weighted by atomic mass is 32.2. The molecule has 1 N–H and O–H groups in total. The van der Waals surface area contributed by atoms with Gasteiger partial charge in [-0.15, -0.1) is 0 Å². The highest BCUT2D eigenvalue weighted by Crippen LogP contribution is 2.41. The first-order chi connectivity index (χ1) is 8.24. The van der Waals surface area contributed by atoms with Gasteiger partial charge >= 0.3 is 5.97 Å². The van der Waals surface area contributed by atoms with Crippen LogP contribution in [0.1, 0.15) is 5.56 Å². The molecular formula is C12H10N2O2S. The lowest BCUT2D eigenvalue weighted by atomic mass is 10.1. The van der Waals surface area contributed by atoms with Gasteiger partial charge in [0.1, 0.15) is 0 Å². The molecule has 0 saturated heterocycles. The number of rotatable bonds is 2. The minimum atomic E-state index is -0.801. The zero-order valence-corrected chi connectivity index (χ0v) is 9.78. The van der Waals surface area contributed by atoms with Gasteiger partial charge in [0.05, 0.1) is 12.1 Å². The summed E-state index contributed by atoms with van der Waals surface area (Å²) >= 11 is 1.59. The number of carbonyl (C=O) groups is 1. The van der Waals surface area contributed by atoms with Gasteiger partial charge in [-0.25, -0.2) is 4.99 Å². The Labute approximate surface area is 103 Å². The average Bonchev–Trinajstić information content (AvgIpc) is 2.65. The first-order valence-electron chi connectivity index (χ1n) is 5.27. The number of nitrogens with zero attached hydrogens (tertiary/aromatic N) is 2. The number of hydrogen-bond acceptors (Lipinski definition) is 4. The number of benzene rings is 1. The molecule has 4 nitrogen and oxygen atoms in total. The molecule has 0 radical (unpaired) electrons. The van der Waals surface area contributed by atoms with E-state index in [1.54, 1.807) is 11.8 Å². The quantitative estimate of drug-likeness (QED) is 0.868. The molecule has 0 unspecified atom stereocenters. The van der Waals surface area contributed by atoms with Crippen molar-refractivity contribution in [3.63, 3.8) is 0 Å². The van der Waals surface area contributed by atoms with Gasteiger partial charge < -0.3 is 10.0 Å². The summed E-state index contributed by atoms with van der Waals surface area (Å²) in [6.45, 7) is 0.830. The van der Waals surface area contributed by atoms with Crippen LogP contribution in [0.3, 0.4) is 0 Å². The molecule has 5 heteroatoms. The fourth-order valence-corrected chi connectivity index (χ4v) is 3.03. The Morgan fingerprint density at radius 3 is 3.24 bits per heavy atom. The number of aliphatic carboxylic acids is 1. The van der Waals surface area contributed by atoms with E-state index in [0.717, 1.165) is 27.9 Å². The van der Waals surface area contributed by atoms with E-state index in [4.69, 9.17) is 5.11 Å². The standard InChI is InChI=1S/C12H10N2O2S/c15-11(16)7-8-2-3-9-10(6-8)17-12-13-4-1-5-14(9)12/h1-4,6H,5,7H2,(H,15,16). The monoisotopic (exact) mass is 246 g/mol. The molecule has 0 fully saturated rings. The predicted molar refractivity (Wildman–Crippen MR) is 67.6 cm³/mol. The Bertz CT molecular complexity index is 551. The molecule has 3 rings (SSSR count). The van der Waals surface area contributed by atoms with Crippen LogP contribution in [0.5, 0.6) is 0 Å². The van der Waals surface area contributed by atoms with Crippen molar-refractivity contribution in [1.29, 1.82) is 0 Å². The molecule has 17 heavy (non-hydrogen) atoms. The third-order valence-electron chi connectivity index (χ3n) is 2.68. The van der Waals surface area contributed by atoms with E-state index in [0.29, 0.717) is 0 Å². The summed E-state index contributed by atoms with van der Waals surface area (Å²) in [6, 6.07) is 5.78. The lowest BCUT2D eigenvalue weighted by molar-refractivity contribution is -0.136. The van der Waals surface area contributed by atoms with Crippen molar-refractivity contribution in [3.05, 3.63) is 36.0 Å². The zero-order valence-electron chi connectivity index (χ0n) is 8.96. The molecule has 0 atom stereocenters. The third-order valence-corrected chi connectivity index (χ3v) is 3.74. The lowest BCUT2D eigenvalue weighted by Crippen LogP contribution is -2.26. The summed E-state index contributed by atoms with van der Waals surface area (Å²) in [5.74, 6) is -0.801. The molecule has 0 amide bonds. The van der Waals surface area contributed by atoms with Crippen molar-refractivity contribution >= 4 is 28.6 Å². The Kier molecular flexibility index (Phi) is 2.40. The number of anilines is 1. The molecule has 0 bridgehead atoms. The second-order valence-corrected chi connectivity index (χ2v) is 4.89. The number of thioether (sulfide) groups is 1. The van der Waals surface area contributed by atoms with Gasteiger partial charge in [-0.3, -0.25) is 4.79 Å². The number of carboxylic acids is 1. The van der Waals surface area contributed by atoms with Crippen LogP contribution >= 0.6 is 11.8 Å². The number of hydrogen-bond donors (Lipinski definition) is 1. The minimum absolute atomic E-state index is 0.0680. The molecule has 0 aromatic heterocycles. The topological polar surface area (TPSA) is 52.9 Å². The number of aliphatic imine (C=N–C) groups is 1. The Morgan fingerprint density at radius 1 is 1.53 bits per heavy atom. The summed E-state index contributed by atoms with van der Waals surface area (Å²) in [5.41, 5.74) is 1.95. The summed E-state index contributed by atoms with van der Waals surface area (Å²) < 4.78 is 0. The normalized spacial score (nSPS) is 16.5. The van der Waals surface area contributed by atoms with E-state index in [-0.39, 0.29) is 6.42 Å². The van der Waals surface area contributed by atoms with E-state index in [9.17, 15) is 4.79 Å². The summed E-state index contributed by atoms with van der Waals surface area (Å²) in [7, 11) is 0. The molecule has 0 spiro atoms. The van der Waals surface area contributed by atoms with E-state index < -0.39 is 5.97 Å². The summed E-state index contributed by atoms with van der Waals surface area (Å²) in [6.07, 6.45) is 3.88. The van der Waals surface area contributed by atoms with Crippen molar-refractivity contribution in [2.45, 2.75) is 11.3 Å². The summed E-state index contributed by atoms with van der Waals surface area (Å²) in [4.78, 5) is 18.2. The number of fused-ring (bicyclic) bond motifs is 3. The molecule has 1 aromatic rings. The van der Waals surface area contributed by atoms with Gasteiger partial charge in [0, 0.05) is 17.6 Å². The summed E-state index contributed by atoms with van der Waals surface area (Å²) in [5, 5.41) is 9.74. The van der Waals surface area contributed by atoms with Crippen LogP contribution in [-0.2, 0) is 11.2 Å². The van der Waals surface area contributed by atoms with Crippen LogP contribution in [0.4, 0.5) is 5.69 Å². The fraction of sp³-hybridized carbons (Fsp3) is 0.167. The van der Waals surface area contributed by atoms with Gasteiger partial charge in [-0.1, -0.05) is 6.07 Å². The SMILES string of the molecule is O=C(O)Cc1ccc2c(c1)SC1=NC=CCN12. The highest BCUT2D eigenvalue weighted by Gasteiger charge is 2.27. The molecule has 86 valence electrons. The average molecular weight is 246 g/mol. The number of carboxylic acid groups (broad SMARTS) is 1. The van der Waals surface area contributed by atoms with E-state index in [1.165, 1.54) is 0 Å². The maximum atomic E-state index is 10.7. The van der Waals surface area contributed by atoms with Crippen LogP contribution in [0.15, 0.2) is 40.4 Å². The van der Waals surface area contributed by atoms with Crippen LogP contribution in [-0.4, -0.2) is 22.8 Å². The highest BCUT2D eigenvalue weighted by molar-refractivity contribution is 8.14. The first-order valence-corrected chi connectivity index (χ1v) is 6.08. The smallest absolute Gasteiger partial charge is 0.307 e. The molecule has 0 aliphatic carbocycles. The van der Waals surface area contributed by atoms with E-state index >= 15 is 0 Å². The van der Waals surface area contributed by atoms with Gasteiger partial charge in [-0.05, 0) is 35.5 Å². The van der Waals surface area contributed by atoms with Crippen molar-refractivity contribution in [2.24, 2.45) is 4.99 Å². The van der Waals surface area contributed by atoms with Crippen LogP contribution in [0, 0.1) is 0 Å². The maximum absolute atomic E-state index is 10.7. The molecule has 0 saturated carbocycles. The molecular weight excluding hydrogens is 236 g/mol. The van der Waals surface area contributed by atoms with Crippen molar-refractivity contribution in [3.8, 4) is 0 Å². The van der Waals surface area contributed by atoms with Gasteiger partial charge in [0.25, 0.3) is 0 Å². The van der Waals surface area contributed by atoms with E-state index in [2.05, 4.69) is 9.89 Å². The first kappa shape index (κ1) is 10.4. The second kappa shape index (κ2) is 3.92. The van der Waals surface area contributed by atoms with Gasteiger partial charge in [0.15, 0.2) is 5.17 Å². The van der Waals surface area contributed by atoms with Crippen molar-refractivity contribution in [1.82, 2.24) is 0 Å². The fourth-order valence-electron chi connectivity index (χ4n) is 1.95. The lowest BCUT2D eigenvalue weighted by Gasteiger charge is -2.18. The predicted octanol–water partition coefficient (Wildman–Crippen LogP) is 2.11. The largest absolute Gasteiger partial charge is 0.481 e. The van der Waals surface area contributed by atoms with Crippen molar-refractivity contribution in [2.75, 3.05) is 11.4 Å². The van der Waals surface area contributed by atoms with Gasteiger partial charge in [-0.2, -0.15) is 0 Å². The van der Waals surface area contributed by atoms with E-state index in [1.807, 2.05) is 30.5 Å². The third kappa shape index (κ3) is 1.82. The van der Waals surface area contributed by atoms with Gasteiger partial charge in [0.2, 0.25) is 0 Å². The second-order valence-electron chi connectivity index (χ2n) is 3.88. The molecule has 2 heterocycles. The molecule has 2 aliphatic rings. The molecule has 2 aliphatic heterocycles. The zero-order chi connectivity index (χ0) is 11.8. The van der Waals surface area contributed by atoms with Crippen LogP contribution in [0.2, 0.25) is 0 Å². The van der Waals surface area contributed by atoms with Crippen LogP contribution < -0.4 is 4.90 Å². The Hall–Kier alpha value is -1.75. The Balaban J connectivity index is 1.95. The molecule has 1 aromatic carbocycles. The number of amidine groups is 1. The van der Waals surface area contributed by atoms with Crippen molar-refractivity contribution < 1.29 is 9.90 Å².